The molecule has 0 aromatic heterocycles. The van der Waals surface area contributed by atoms with Crippen molar-refractivity contribution in [3.63, 3.8) is 0 Å². The number of benzene rings is 2. The molecule has 2 rings (SSSR count). The number of rotatable bonds is 7. The average molecular weight is 311 g/mol. The summed E-state index contributed by atoms with van der Waals surface area (Å²) >= 11 is 0. The van der Waals surface area contributed by atoms with Gasteiger partial charge in [0.25, 0.3) is 0 Å². The number of hydrogen-bond donors (Lipinski definition) is 1. The smallest absolute Gasteiger partial charge is 0.248 e. The first-order valence-electron chi connectivity index (χ1n) is 7.66. The van der Waals surface area contributed by atoms with Crippen molar-refractivity contribution in [3.8, 4) is 11.5 Å². The number of amides is 1. The lowest BCUT2D eigenvalue weighted by atomic mass is 10.2. The van der Waals surface area contributed by atoms with E-state index in [9.17, 15) is 4.79 Å². The molecule has 0 aliphatic rings. The van der Waals surface area contributed by atoms with E-state index in [1.54, 1.807) is 6.08 Å². The number of ether oxygens (including phenoxy) is 2. The molecule has 120 valence electrons. The fourth-order valence-electron chi connectivity index (χ4n) is 2.00. The maximum atomic E-state index is 11.9. The minimum absolute atomic E-state index is 0.178. The minimum atomic E-state index is -0.178. The molecule has 0 bridgehead atoms. The van der Waals surface area contributed by atoms with Gasteiger partial charge in [0.2, 0.25) is 5.91 Å². The largest absolute Gasteiger partial charge is 0.494 e. The van der Waals surface area contributed by atoms with Crippen molar-refractivity contribution in [3.05, 3.63) is 60.2 Å². The molecule has 2 aromatic rings. The molecule has 23 heavy (non-hydrogen) atoms. The van der Waals surface area contributed by atoms with Gasteiger partial charge in [-0.3, -0.25) is 4.79 Å². The van der Waals surface area contributed by atoms with Crippen molar-refractivity contribution >= 4 is 17.7 Å². The molecule has 0 aliphatic heterocycles. The Kier molecular flexibility index (Phi) is 6.24. The highest BCUT2D eigenvalue weighted by Crippen LogP contribution is 2.16. The maximum absolute atomic E-state index is 11.9. The number of carbonyl (C=O) groups excluding carboxylic acids is 1. The Morgan fingerprint density at radius 1 is 0.913 bits per heavy atom. The lowest BCUT2D eigenvalue weighted by Gasteiger charge is -2.05. The van der Waals surface area contributed by atoms with Crippen LogP contribution in [0.25, 0.3) is 6.08 Å². The topological polar surface area (TPSA) is 47.6 Å². The molecule has 0 saturated carbocycles. The number of nitrogens with one attached hydrogen (secondary N) is 1. The van der Waals surface area contributed by atoms with Gasteiger partial charge in [-0.2, -0.15) is 0 Å². The van der Waals surface area contributed by atoms with Gasteiger partial charge in [0.1, 0.15) is 11.5 Å². The van der Waals surface area contributed by atoms with E-state index in [0.29, 0.717) is 13.2 Å². The summed E-state index contributed by atoms with van der Waals surface area (Å²) in [6, 6.07) is 14.9. The van der Waals surface area contributed by atoms with Crippen molar-refractivity contribution in [2.45, 2.75) is 13.8 Å². The molecule has 0 heterocycles. The molecule has 0 fully saturated rings. The lowest BCUT2D eigenvalue weighted by Crippen LogP contribution is -2.07. The van der Waals surface area contributed by atoms with E-state index in [4.69, 9.17) is 9.47 Å². The Morgan fingerprint density at radius 2 is 1.43 bits per heavy atom. The van der Waals surface area contributed by atoms with Gasteiger partial charge in [-0.25, -0.2) is 0 Å². The summed E-state index contributed by atoms with van der Waals surface area (Å²) in [5, 5.41) is 2.81. The summed E-state index contributed by atoms with van der Waals surface area (Å²) in [4.78, 5) is 11.9. The average Bonchev–Trinajstić information content (AvgIpc) is 2.57. The normalized spacial score (nSPS) is 10.5. The second kappa shape index (κ2) is 8.63. The standard InChI is InChI=1S/C19H21NO3/c1-3-22-17-10-5-15(6-11-17)7-14-19(21)20-16-8-12-18(13-9-16)23-4-2/h5-14H,3-4H2,1-2H3,(H,20,21). The second-order valence-electron chi connectivity index (χ2n) is 4.78. The number of anilines is 1. The zero-order chi connectivity index (χ0) is 16.5. The Labute approximate surface area is 136 Å². The quantitative estimate of drug-likeness (QED) is 0.782. The summed E-state index contributed by atoms with van der Waals surface area (Å²) in [5.74, 6) is 1.43. The van der Waals surface area contributed by atoms with E-state index in [0.717, 1.165) is 22.7 Å². The summed E-state index contributed by atoms with van der Waals surface area (Å²) < 4.78 is 10.7. The van der Waals surface area contributed by atoms with Crippen LogP contribution in [0, 0.1) is 0 Å². The fraction of sp³-hybridized carbons (Fsp3) is 0.211. The molecule has 4 nitrogen and oxygen atoms in total. The predicted octanol–water partition coefficient (Wildman–Crippen LogP) is 4.14. The van der Waals surface area contributed by atoms with E-state index in [-0.39, 0.29) is 5.91 Å². The molecule has 1 amide bonds. The summed E-state index contributed by atoms with van der Waals surface area (Å²) in [5.41, 5.74) is 1.67. The predicted molar refractivity (Wildman–Crippen MR) is 92.9 cm³/mol. The van der Waals surface area contributed by atoms with Crippen molar-refractivity contribution in [1.82, 2.24) is 0 Å². The van der Waals surface area contributed by atoms with Crippen LogP contribution in [0.2, 0.25) is 0 Å². The number of carbonyl (C=O) groups is 1. The van der Waals surface area contributed by atoms with Crippen LogP contribution < -0.4 is 14.8 Å². The third kappa shape index (κ3) is 5.51. The Balaban J connectivity index is 1.90. The molecule has 2 aromatic carbocycles. The van der Waals surface area contributed by atoms with Crippen molar-refractivity contribution in [1.29, 1.82) is 0 Å². The van der Waals surface area contributed by atoms with Crippen molar-refractivity contribution < 1.29 is 14.3 Å². The Morgan fingerprint density at radius 3 is 1.96 bits per heavy atom. The zero-order valence-corrected chi connectivity index (χ0v) is 13.4. The van der Waals surface area contributed by atoms with Gasteiger partial charge in [-0.1, -0.05) is 12.1 Å². The summed E-state index contributed by atoms with van der Waals surface area (Å²) in [6.45, 7) is 5.14. The van der Waals surface area contributed by atoms with Gasteiger partial charge < -0.3 is 14.8 Å². The molecule has 0 radical (unpaired) electrons. The SMILES string of the molecule is CCOc1ccc(C=CC(=O)Nc2ccc(OCC)cc2)cc1. The molecule has 0 atom stereocenters. The highest BCUT2D eigenvalue weighted by atomic mass is 16.5. The molecule has 0 unspecified atom stereocenters. The monoisotopic (exact) mass is 311 g/mol. The van der Waals surface area contributed by atoms with E-state index in [1.807, 2.05) is 62.4 Å². The van der Waals surface area contributed by atoms with E-state index < -0.39 is 0 Å². The zero-order valence-electron chi connectivity index (χ0n) is 13.4. The molecular formula is C19H21NO3. The van der Waals surface area contributed by atoms with Gasteiger partial charge >= 0.3 is 0 Å². The first-order valence-corrected chi connectivity index (χ1v) is 7.66. The Bertz CT molecular complexity index is 645. The molecular weight excluding hydrogens is 290 g/mol. The summed E-state index contributed by atoms with van der Waals surface area (Å²) in [6.07, 6.45) is 3.27. The van der Waals surface area contributed by atoms with Crippen LogP contribution in [-0.4, -0.2) is 19.1 Å². The van der Waals surface area contributed by atoms with Gasteiger partial charge in [-0.15, -0.1) is 0 Å². The van der Waals surface area contributed by atoms with Crippen LogP contribution in [0.15, 0.2) is 54.6 Å². The second-order valence-corrected chi connectivity index (χ2v) is 4.78. The van der Waals surface area contributed by atoms with Crippen molar-refractivity contribution in [2.75, 3.05) is 18.5 Å². The van der Waals surface area contributed by atoms with Crippen LogP contribution in [0.5, 0.6) is 11.5 Å². The van der Waals surface area contributed by atoms with Crippen molar-refractivity contribution in [2.24, 2.45) is 0 Å². The van der Waals surface area contributed by atoms with Crippen LogP contribution in [0.4, 0.5) is 5.69 Å². The molecule has 0 saturated heterocycles. The molecule has 1 N–H and O–H groups in total. The van der Waals surface area contributed by atoms with Crippen LogP contribution in [0.1, 0.15) is 19.4 Å². The summed E-state index contributed by atoms with van der Waals surface area (Å²) in [7, 11) is 0. The fourth-order valence-corrected chi connectivity index (χ4v) is 2.00. The van der Waals surface area contributed by atoms with E-state index in [1.165, 1.54) is 6.08 Å². The Hall–Kier alpha value is -2.75. The van der Waals surface area contributed by atoms with Crippen LogP contribution >= 0.6 is 0 Å². The van der Waals surface area contributed by atoms with Gasteiger partial charge in [0.05, 0.1) is 13.2 Å². The lowest BCUT2D eigenvalue weighted by molar-refractivity contribution is -0.111. The third-order valence-corrected chi connectivity index (χ3v) is 3.05. The van der Waals surface area contributed by atoms with E-state index in [2.05, 4.69) is 5.32 Å². The van der Waals surface area contributed by atoms with E-state index >= 15 is 0 Å². The van der Waals surface area contributed by atoms with Crippen LogP contribution in [-0.2, 0) is 4.79 Å². The van der Waals surface area contributed by atoms with Gasteiger partial charge in [0, 0.05) is 11.8 Å². The van der Waals surface area contributed by atoms with Gasteiger partial charge in [-0.05, 0) is 61.9 Å². The number of hydrogen-bond acceptors (Lipinski definition) is 3. The maximum Gasteiger partial charge on any atom is 0.248 e. The first-order chi connectivity index (χ1) is 11.2. The molecule has 4 heteroatoms. The highest BCUT2D eigenvalue weighted by Gasteiger charge is 1.99. The minimum Gasteiger partial charge on any atom is -0.494 e. The molecule has 0 aliphatic carbocycles. The molecule has 0 spiro atoms. The highest BCUT2D eigenvalue weighted by molar-refractivity contribution is 6.01. The van der Waals surface area contributed by atoms with Crippen LogP contribution in [0.3, 0.4) is 0 Å². The third-order valence-electron chi connectivity index (χ3n) is 3.05. The van der Waals surface area contributed by atoms with Gasteiger partial charge in [0.15, 0.2) is 0 Å². The first kappa shape index (κ1) is 16.6.